The van der Waals surface area contributed by atoms with Gasteiger partial charge in [-0.15, -0.1) is 0 Å². The molecule has 11 heteroatoms. The van der Waals surface area contributed by atoms with Crippen LogP contribution < -0.4 is 5.32 Å². The Balaban J connectivity index is 2.36. The van der Waals surface area contributed by atoms with Crippen molar-refractivity contribution in [2.45, 2.75) is 71.2 Å². The number of carbonyl (C=O) groups is 5. The van der Waals surface area contributed by atoms with E-state index in [-0.39, 0.29) is 18.4 Å². The van der Waals surface area contributed by atoms with Crippen LogP contribution in [0.2, 0.25) is 0 Å². The zero-order valence-corrected chi connectivity index (χ0v) is 16.7. The van der Waals surface area contributed by atoms with Crippen molar-refractivity contribution < 1.29 is 47.7 Å². The van der Waals surface area contributed by atoms with E-state index >= 15 is 0 Å². The lowest BCUT2D eigenvalue weighted by molar-refractivity contribution is -0.271. The SMILES string of the molecule is CC(=O)OC[C@H]1OC(OC(C)=O)[C@H](NC(=O)C2CC2)[C@@H](OC(C)=O)[C@H]1OC(C)=O. The zero-order chi connectivity index (χ0) is 21.7. The van der Waals surface area contributed by atoms with Gasteiger partial charge in [0.2, 0.25) is 12.2 Å². The molecule has 1 aliphatic carbocycles. The van der Waals surface area contributed by atoms with Crippen LogP contribution in [0.1, 0.15) is 40.5 Å². The van der Waals surface area contributed by atoms with Gasteiger partial charge in [0, 0.05) is 33.6 Å². The van der Waals surface area contributed by atoms with Gasteiger partial charge < -0.3 is 29.0 Å². The lowest BCUT2D eigenvalue weighted by Gasteiger charge is -2.44. The van der Waals surface area contributed by atoms with Gasteiger partial charge in [-0.2, -0.15) is 0 Å². The molecule has 1 N–H and O–H groups in total. The molecule has 0 aromatic rings. The predicted octanol–water partition coefficient (Wildman–Crippen LogP) is -0.404. The van der Waals surface area contributed by atoms with Crippen LogP contribution >= 0.6 is 0 Å². The fourth-order valence-electron chi connectivity index (χ4n) is 2.95. The second-order valence-corrected chi connectivity index (χ2v) is 6.91. The minimum absolute atomic E-state index is 0.197. The van der Waals surface area contributed by atoms with E-state index in [1.54, 1.807) is 0 Å². The molecule has 5 atom stereocenters. The lowest BCUT2D eigenvalue weighted by atomic mass is 9.96. The van der Waals surface area contributed by atoms with Crippen molar-refractivity contribution in [2.24, 2.45) is 5.92 Å². The van der Waals surface area contributed by atoms with Crippen LogP contribution in [0.25, 0.3) is 0 Å². The van der Waals surface area contributed by atoms with E-state index in [9.17, 15) is 24.0 Å². The average molecular weight is 415 g/mol. The standard InChI is InChI=1S/C18H25NO10/c1-8(20)25-7-13-15(26-9(2)21)16(27-10(3)22)14(18(29-13)28-11(4)23)19-17(24)12-5-6-12/h12-16,18H,5-7H2,1-4H3,(H,19,24)/t13-,14-,15+,16-,18?/m1/s1. The van der Waals surface area contributed by atoms with E-state index in [2.05, 4.69) is 5.32 Å². The smallest absolute Gasteiger partial charge is 0.305 e. The molecule has 1 aliphatic heterocycles. The summed E-state index contributed by atoms with van der Waals surface area (Å²) >= 11 is 0. The van der Waals surface area contributed by atoms with Crippen molar-refractivity contribution >= 4 is 29.8 Å². The van der Waals surface area contributed by atoms with E-state index in [4.69, 9.17) is 23.7 Å². The molecule has 0 radical (unpaired) electrons. The monoisotopic (exact) mass is 415 g/mol. The molecule has 29 heavy (non-hydrogen) atoms. The fourth-order valence-corrected chi connectivity index (χ4v) is 2.95. The number of amides is 1. The first-order chi connectivity index (χ1) is 13.6. The fraction of sp³-hybridized carbons (Fsp3) is 0.722. The zero-order valence-electron chi connectivity index (χ0n) is 16.7. The van der Waals surface area contributed by atoms with E-state index < -0.39 is 54.5 Å². The Bertz CT molecular complexity index is 674. The number of carbonyl (C=O) groups excluding carboxylic acids is 5. The van der Waals surface area contributed by atoms with E-state index in [1.165, 1.54) is 6.92 Å². The highest BCUT2D eigenvalue weighted by atomic mass is 16.7. The first-order valence-electron chi connectivity index (χ1n) is 9.19. The van der Waals surface area contributed by atoms with E-state index in [0.717, 1.165) is 20.8 Å². The molecular formula is C18H25NO10. The number of esters is 4. The molecule has 11 nitrogen and oxygen atoms in total. The highest BCUT2D eigenvalue weighted by molar-refractivity contribution is 5.81. The number of hydrogen-bond donors (Lipinski definition) is 1. The normalized spacial score (nSPS) is 28.6. The third-order valence-corrected chi connectivity index (χ3v) is 4.24. The molecule has 2 rings (SSSR count). The van der Waals surface area contributed by atoms with Gasteiger partial charge >= 0.3 is 23.9 Å². The summed E-state index contributed by atoms with van der Waals surface area (Å²) in [5, 5.41) is 2.66. The minimum atomic E-state index is -1.35. The maximum Gasteiger partial charge on any atom is 0.305 e. The Labute approximate surface area is 167 Å². The van der Waals surface area contributed by atoms with E-state index in [0.29, 0.717) is 12.8 Å². The van der Waals surface area contributed by atoms with Gasteiger partial charge in [0.1, 0.15) is 18.8 Å². The molecule has 1 saturated heterocycles. The van der Waals surface area contributed by atoms with Crippen molar-refractivity contribution in [2.75, 3.05) is 6.61 Å². The van der Waals surface area contributed by atoms with Gasteiger partial charge in [0.25, 0.3) is 0 Å². The first-order valence-corrected chi connectivity index (χ1v) is 9.19. The summed E-state index contributed by atoms with van der Waals surface area (Å²) in [7, 11) is 0. The summed E-state index contributed by atoms with van der Waals surface area (Å²) in [6.45, 7) is 4.25. The van der Waals surface area contributed by atoms with Gasteiger partial charge in [-0.3, -0.25) is 24.0 Å². The Hall–Kier alpha value is -2.69. The summed E-state index contributed by atoms with van der Waals surface area (Å²) < 4.78 is 26.4. The molecule has 2 fully saturated rings. The highest BCUT2D eigenvalue weighted by Crippen LogP contribution is 2.32. The molecule has 2 aliphatic rings. The molecule has 0 spiro atoms. The Morgan fingerprint density at radius 3 is 1.86 bits per heavy atom. The Morgan fingerprint density at radius 1 is 0.828 bits per heavy atom. The second-order valence-electron chi connectivity index (χ2n) is 6.91. The molecule has 0 aromatic carbocycles. The molecule has 162 valence electrons. The summed E-state index contributed by atoms with van der Waals surface area (Å²) in [5.74, 6) is -3.27. The van der Waals surface area contributed by atoms with Crippen LogP contribution in [0.15, 0.2) is 0 Å². The molecule has 1 unspecified atom stereocenters. The van der Waals surface area contributed by atoms with Crippen molar-refractivity contribution in [3.63, 3.8) is 0 Å². The largest absolute Gasteiger partial charge is 0.463 e. The molecular weight excluding hydrogens is 390 g/mol. The molecule has 1 heterocycles. The van der Waals surface area contributed by atoms with Gasteiger partial charge in [0.15, 0.2) is 12.2 Å². The van der Waals surface area contributed by atoms with Crippen molar-refractivity contribution in [3.8, 4) is 0 Å². The van der Waals surface area contributed by atoms with Crippen LogP contribution in [0, 0.1) is 5.92 Å². The predicted molar refractivity (Wildman–Crippen MR) is 92.8 cm³/mol. The average Bonchev–Trinajstić information content (AvgIpc) is 3.42. The number of hydrogen-bond acceptors (Lipinski definition) is 10. The summed E-state index contributed by atoms with van der Waals surface area (Å²) in [6, 6.07) is -1.13. The number of ether oxygens (including phenoxy) is 5. The minimum Gasteiger partial charge on any atom is -0.463 e. The van der Waals surface area contributed by atoms with Crippen LogP contribution in [0.3, 0.4) is 0 Å². The summed E-state index contributed by atoms with van der Waals surface area (Å²) in [6.07, 6.45) is -3.50. The van der Waals surface area contributed by atoms with Gasteiger partial charge in [0.05, 0.1) is 0 Å². The van der Waals surface area contributed by atoms with Crippen LogP contribution in [0.5, 0.6) is 0 Å². The third-order valence-electron chi connectivity index (χ3n) is 4.24. The topological polar surface area (TPSA) is 144 Å². The van der Waals surface area contributed by atoms with Crippen molar-refractivity contribution in [3.05, 3.63) is 0 Å². The van der Waals surface area contributed by atoms with E-state index in [1.807, 2.05) is 0 Å². The van der Waals surface area contributed by atoms with Gasteiger partial charge in [-0.25, -0.2) is 0 Å². The third kappa shape index (κ3) is 6.70. The summed E-state index contributed by atoms with van der Waals surface area (Å²) in [5.41, 5.74) is 0. The molecule has 1 saturated carbocycles. The molecule has 0 bridgehead atoms. The lowest BCUT2D eigenvalue weighted by Crippen LogP contribution is -2.67. The van der Waals surface area contributed by atoms with Gasteiger partial charge in [-0.1, -0.05) is 0 Å². The quantitative estimate of drug-likeness (QED) is 0.431. The maximum absolute atomic E-state index is 12.3. The Morgan fingerprint density at radius 2 is 1.38 bits per heavy atom. The number of rotatable bonds is 7. The van der Waals surface area contributed by atoms with Crippen molar-refractivity contribution in [1.82, 2.24) is 5.32 Å². The van der Waals surface area contributed by atoms with Crippen molar-refractivity contribution in [1.29, 1.82) is 0 Å². The van der Waals surface area contributed by atoms with Crippen LogP contribution in [-0.2, 0) is 47.7 Å². The van der Waals surface area contributed by atoms with Crippen LogP contribution in [-0.4, -0.2) is 67.0 Å². The summed E-state index contributed by atoms with van der Waals surface area (Å²) in [4.78, 5) is 58.5. The number of nitrogens with one attached hydrogen (secondary N) is 1. The second kappa shape index (κ2) is 9.68. The molecule has 1 amide bonds. The molecule has 0 aromatic heterocycles. The van der Waals surface area contributed by atoms with Crippen LogP contribution in [0.4, 0.5) is 0 Å². The Kier molecular flexibility index (Phi) is 7.54. The first kappa shape index (κ1) is 22.6. The maximum atomic E-state index is 12.3. The highest BCUT2D eigenvalue weighted by Gasteiger charge is 2.53. The van der Waals surface area contributed by atoms with Gasteiger partial charge in [-0.05, 0) is 12.8 Å².